The highest BCUT2D eigenvalue weighted by atomic mass is 79.9. The molecule has 1 aromatic carbocycles. The minimum absolute atomic E-state index is 0.190. The molecule has 17 heavy (non-hydrogen) atoms. The maximum absolute atomic E-state index is 12.1. The van der Waals surface area contributed by atoms with E-state index in [4.69, 9.17) is 0 Å². The van der Waals surface area contributed by atoms with Gasteiger partial charge < -0.3 is 4.90 Å². The van der Waals surface area contributed by atoms with Crippen molar-refractivity contribution in [2.75, 3.05) is 7.05 Å². The Morgan fingerprint density at radius 3 is 2.53 bits per heavy atom. The first-order valence-electron chi connectivity index (χ1n) is 6.07. The molecule has 3 heteroatoms. The summed E-state index contributed by atoms with van der Waals surface area (Å²) < 4.78 is 1.07. The normalized spacial score (nSPS) is 16.6. The Morgan fingerprint density at radius 1 is 1.41 bits per heavy atom. The van der Waals surface area contributed by atoms with E-state index in [-0.39, 0.29) is 11.8 Å². The highest BCUT2D eigenvalue weighted by Crippen LogP contribution is 2.37. The lowest BCUT2D eigenvalue weighted by Crippen LogP contribution is -2.32. The van der Waals surface area contributed by atoms with Gasteiger partial charge in [-0.25, -0.2) is 0 Å². The van der Waals surface area contributed by atoms with Crippen LogP contribution in [0.3, 0.4) is 0 Å². The summed E-state index contributed by atoms with van der Waals surface area (Å²) in [5, 5.41) is 0. The molecule has 2 nitrogen and oxygen atoms in total. The summed E-state index contributed by atoms with van der Waals surface area (Å²) in [5.41, 5.74) is 1.17. The van der Waals surface area contributed by atoms with Crippen LogP contribution < -0.4 is 0 Å². The zero-order chi connectivity index (χ0) is 12.4. The summed E-state index contributed by atoms with van der Waals surface area (Å²) in [5.74, 6) is 1.10. The molecule has 1 amide bonds. The number of carbonyl (C=O) groups excluding carboxylic acids is 1. The highest BCUT2D eigenvalue weighted by Gasteiger charge is 2.33. The monoisotopic (exact) mass is 295 g/mol. The Balaban J connectivity index is 1.93. The van der Waals surface area contributed by atoms with Crippen molar-refractivity contribution in [2.45, 2.75) is 26.3 Å². The Hall–Kier alpha value is -0.830. The molecule has 0 radical (unpaired) electrons. The van der Waals surface area contributed by atoms with Gasteiger partial charge in [-0.15, -0.1) is 0 Å². The van der Waals surface area contributed by atoms with E-state index < -0.39 is 0 Å². The highest BCUT2D eigenvalue weighted by molar-refractivity contribution is 9.10. The molecule has 0 heterocycles. The van der Waals surface area contributed by atoms with Crippen molar-refractivity contribution in [1.29, 1.82) is 0 Å². The van der Waals surface area contributed by atoms with Crippen LogP contribution in [0.25, 0.3) is 0 Å². The van der Waals surface area contributed by atoms with Gasteiger partial charge in [0.2, 0.25) is 5.91 Å². The Bertz CT molecular complexity index is 397. The van der Waals surface area contributed by atoms with E-state index in [2.05, 4.69) is 35.0 Å². The fourth-order valence-electron chi connectivity index (χ4n) is 2.09. The zero-order valence-electron chi connectivity index (χ0n) is 10.3. The summed E-state index contributed by atoms with van der Waals surface area (Å²) in [6.07, 6.45) is 2.44. The first-order chi connectivity index (χ1) is 8.08. The van der Waals surface area contributed by atoms with Crippen molar-refractivity contribution in [2.24, 2.45) is 11.8 Å². The van der Waals surface area contributed by atoms with E-state index >= 15 is 0 Å². The molecule has 0 aliphatic heterocycles. The van der Waals surface area contributed by atoms with Gasteiger partial charge in [-0.05, 0) is 36.5 Å². The number of amides is 1. The average molecular weight is 296 g/mol. The van der Waals surface area contributed by atoms with Crippen LogP contribution in [0.1, 0.15) is 25.3 Å². The van der Waals surface area contributed by atoms with Gasteiger partial charge in [0, 0.05) is 24.0 Å². The minimum Gasteiger partial charge on any atom is -0.341 e. The molecule has 1 aliphatic rings. The van der Waals surface area contributed by atoms with E-state index in [0.717, 1.165) is 4.47 Å². The van der Waals surface area contributed by atoms with Crippen LogP contribution in [0.4, 0.5) is 0 Å². The summed E-state index contributed by atoms with van der Waals surface area (Å²) in [4.78, 5) is 14.0. The predicted molar refractivity (Wildman–Crippen MR) is 72.5 cm³/mol. The van der Waals surface area contributed by atoms with Gasteiger partial charge in [0.05, 0.1) is 0 Å². The first-order valence-corrected chi connectivity index (χ1v) is 6.86. The van der Waals surface area contributed by atoms with Crippen LogP contribution in [-0.2, 0) is 11.3 Å². The molecule has 1 atom stereocenters. The molecular weight excluding hydrogens is 278 g/mol. The molecule has 0 aromatic heterocycles. The molecule has 92 valence electrons. The number of rotatable bonds is 4. The van der Waals surface area contributed by atoms with Crippen molar-refractivity contribution in [3.05, 3.63) is 34.3 Å². The van der Waals surface area contributed by atoms with Crippen molar-refractivity contribution in [1.82, 2.24) is 4.90 Å². The molecular formula is C14H18BrNO. The molecule has 1 aromatic rings. The molecule has 0 bridgehead atoms. The smallest absolute Gasteiger partial charge is 0.225 e. The second-order valence-electron chi connectivity index (χ2n) is 4.95. The lowest BCUT2D eigenvalue weighted by atomic mass is 10.0. The Morgan fingerprint density at radius 2 is 2.00 bits per heavy atom. The van der Waals surface area contributed by atoms with Crippen LogP contribution in [-0.4, -0.2) is 17.9 Å². The topological polar surface area (TPSA) is 20.3 Å². The van der Waals surface area contributed by atoms with E-state index in [1.807, 2.05) is 24.1 Å². The van der Waals surface area contributed by atoms with Gasteiger partial charge in [0.1, 0.15) is 0 Å². The number of benzene rings is 1. The second-order valence-corrected chi connectivity index (χ2v) is 5.86. The van der Waals surface area contributed by atoms with Crippen LogP contribution >= 0.6 is 15.9 Å². The van der Waals surface area contributed by atoms with Gasteiger partial charge >= 0.3 is 0 Å². The molecule has 1 aliphatic carbocycles. The number of nitrogens with zero attached hydrogens (tertiary/aromatic N) is 1. The third-order valence-electron chi connectivity index (χ3n) is 3.43. The average Bonchev–Trinajstić information content (AvgIpc) is 3.14. The van der Waals surface area contributed by atoms with Crippen LogP contribution in [0, 0.1) is 11.8 Å². The van der Waals surface area contributed by atoms with Gasteiger partial charge in [0.25, 0.3) is 0 Å². The molecule has 2 rings (SSSR count). The van der Waals surface area contributed by atoms with E-state index in [0.29, 0.717) is 12.5 Å². The number of carbonyl (C=O) groups is 1. The summed E-state index contributed by atoms with van der Waals surface area (Å²) in [6, 6.07) is 8.13. The largest absolute Gasteiger partial charge is 0.341 e. The first kappa shape index (κ1) is 12.6. The summed E-state index contributed by atoms with van der Waals surface area (Å²) in [7, 11) is 1.89. The van der Waals surface area contributed by atoms with Crippen LogP contribution in [0.5, 0.6) is 0 Å². The third-order valence-corrected chi connectivity index (χ3v) is 3.96. The minimum atomic E-state index is 0.190. The quantitative estimate of drug-likeness (QED) is 0.833. The van der Waals surface area contributed by atoms with Gasteiger partial charge in [0.15, 0.2) is 0 Å². The molecule has 1 unspecified atom stereocenters. The maximum atomic E-state index is 12.1. The molecule has 1 saturated carbocycles. The van der Waals surface area contributed by atoms with Crippen LogP contribution in [0.2, 0.25) is 0 Å². The van der Waals surface area contributed by atoms with Crippen molar-refractivity contribution >= 4 is 21.8 Å². The van der Waals surface area contributed by atoms with Crippen LogP contribution in [0.15, 0.2) is 28.7 Å². The second kappa shape index (κ2) is 5.21. The fraction of sp³-hybridized carbons (Fsp3) is 0.500. The van der Waals surface area contributed by atoms with Gasteiger partial charge in [-0.1, -0.05) is 35.0 Å². The standard InChI is InChI=1S/C14H18BrNO/c1-10(12-5-6-12)14(17)16(2)9-11-3-7-13(15)8-4-11/h3-4,7-8,10,12H,5-6,9H2,1-2H3. The van der Waals surface area contributed by atoms with Gasteiger partial charge in [-0.3, -0.25) is 4.79 Å². The van der Waals surface area contributed by atoms with Crippen molar-refractivity contribution in [3.8, 4) is 0 Å². The van der Waals surface area contributed by atoms with Gasteiger partial charge in [-0.2, -0.15) is 0 Å². The summed E-state index contributed by atoms with van der Waals surface area (Å²) >= 11 is 3.41. The Labute approximate surface area is 111 Å². The van der Waals surface area contributed by atoms with Crippen molar-refractivity contribution in [3.63, 3.8) is 0 Å². The fourth-order valence-corrected chi connectivity index (χ4v) is 2.35. The number of halogens is 1. The number of hydrogen-bond donors (Lipinski definition) is 0. The molecule has 0 saturated heterocycles. The Kier molecular flexibility index (Phi) is 3.87. The molecule has 0 spiro atoms. The van der Waals surface area contributed by atoms with E-state index in [9.17, 15) is 4.79 Å². The lowest BCUT2D eigenvalue weighted by Gasteiger charge is -2.21. The maximum Gasteiger partial charge on any atom is 0.225 e. The SMILES string of the molecule is CC(C(=O)N(C)Cc1ccc(Br)cc1)C1CC1. The van der Waals surface area contributed by atoms with E-state index in [1.165, 1.54) is 18.4 Å². The molecule has 0 N–H and O–H groups in total. The zero-order valence-corrected chi connectivity index (χ0v) is 11.9. The summed E-state index contributed by atoms with van der Waals surface area (Å²) in [6.45, 7) is 2.75. The predicted octanol–water partition coefficient (Wildman–Crippen LogP) is 3.45. The number of hydrogen-bond acceptors (Lipinski definition) is 1. The third kappa shape index (κ3) is 3.32. The van der Waals surface area contributed by atoms with E-state index in [1.54, 1.807) is 0 Å². The van der Waals surface area contributed by atoms with Crippen molar-refractivity contribution < 1.29 is 4.79 Å². The lowest BCUT2D eigenvalue weighted by molar-refractivity contribution is -0.134. The molecule has 1 fully saturated rings.